The monoisotopic (exact) mass is 342 g/mol. The Morgan fingerprint density at radius 1 is 0.957 bits per heavy atom. The van der Waals surface area contributed by atoms with Gasteiger partial charge in [-0.15, -0.1) is 0 Å². The summed E-state index contributed by atoms with van der Waals surface area (Å²) in [5.41, 5.74) is 2.90. The summed E-state index contributed by atoms with van der Waals surface area (Å²) < 4.78 is 13.4. The van der Waals surface area contributed by atoms with Crippen molar-refractivity contribution in [2.75, 3.05) is 0 Å². The summed E-state index contributed by atoms with van der Waals surface area (Å²) in [6.07, 6.45) is 0. The van der Waals surface area contributed by atoms with Crippen molar-refractivity contribution in [3.05, 3.63) is 76.2 Å². The van der Waals surface area contributed by atoms with Crippen molar-refractivity contribution in [1.29, 1.82) is 5.26 Å². The van der Waals surface area contributed by atoms with Gasteiger partial charge < -0.3 is 0 Å². The molecule has 3 aromatic rings. The van der Waals surface area contributed by atoms with Gasteiger partial charge in [0, 0.05) is 11.1 Å². The maximum absolute atomic E-state index is 13.4. The van der Waals surface area contributed by atoms with Crippen molar-refractivity contribution < 1.29 is 4.39 Å². The molecule has 3 rings (SSSR count). The van der Waals surface area contributed by atoms with Crippen LogP contribution in [0.25, 0.3) is 22.4 Å². The summed E-state index contributed by atoms with van der Waals surface area (Å²) in [6, 6.07) is 17.5. The van der Waals surface area contributed by atoms with Crippen molar-refractivity contribution in [2.45, 2.75) is 0 Å². The Morgan fingerprint density at radius 2 is 1.70 bits per heavy atom. The van der Waals surface area contributed by atoms with Gasteiger partial charge in [-0.05, 0) is 23.8 Å². The van der Waals surface area contributed by atoms with Crippen molar-refractivity contribution in [3.8, 4) is 28.5 Å². The number of hydrogen-bond acceptors (Lipinski definition) is 2. The molecule has 1 aromatic heterocycles. The normalized spacial score (nSPS) is 10.3. The molecule has 0 aliphatic carbocycles. The van der Waals surface area contributed by atoms with Crippen molar-refractivity contribution >= 4 is 23.2 Å². The van der Waals surface area contributed by atoms with Crippen LogP contribution in [-0.4, -0.2) is 4.98 Å². The lowest BCUT2D eigenvalue weighted by Gasteiger charge is -2.10. The Kier molecular flexibility index (Phi) is 4.29. The molecular weight excluding hydrogens is 334 g/mol. The Labute approximate surface area is 142 Å². The lowest BCUT2D eigenvalue weighted by Crippen LogP contribution is -1.93. The highest BCUT2D eigenvalue weighted by Gasteiger charge is 2.15. The molecule has 0 saturated heterocycles. The molecule has 23 heavy (non-hydrogen) atoms. The van der Waals surface area contributed by atoms with Gasteiger partial charge in [0.2, 0.25) is 0 Å². The number of nitrogens with zero attached hydrogens (tertiary/aromatic N) is 2. The van der Waals surface area contributed by atoms with E-state index in [4.69, 9.17) is 23.2 Å². The molecule has 2 nitrogen and oxygen atoms in total. The summed E-state index contributed by atoms with van der Waals surface area (Å²) in [5, 5.41) is 9.45. The molecule has 0 aliphatic rings. The van der Waals surface area contributed by atoms with E-state index in [9.17, 15) is 9.65 Å². The predicted molar refractivity (Wildman–Crippen MR) is 89.8 cm³/mol. The molecule has 0 amide bonds. The van der Waals surface area contributed by atoms with E-state index in [0.717, 1.165) is 5.56 Å². The van der Waals surface area contributed by atoms with Crippen LogP contribution in [0.3, 0.4) is 0 Å². The van der Waals surface area contributed by atoms with Crippen LogP contribution in [0.5, 0.6) is 0 Å². The van der Waals surface area contributed by atoms with E-state index in [-0.39, 0.29) is 15.7 Å². The summed E-state index contributed by atoms with van der Waals surface area (Å²) >= 11 is 12.0. The zero-order valence-electron chi connectivity index (χ0n) is 11.7. The molecule has 1 heterocycles. The molecule has 0 aliphatic heterocycles. The van der Waals surface area contributed by atoms with E-state index in [0.29, 0.717) is 16.8 Å². The van der Waals surface area contributed by atoms with Gasteiger partial charge >= 0.3 is 0 Å². The summed E-state index contributed by atoms with van der Waals surface area (Å²) in [5.74, 6) is -0.516. The summed E-state index contributed by atoms with van der Waals surface area (Å²) in [6.45, 7) is 0. The number of hydrogen-bond donors (Lipinski definition) is 0. The number of halogens is 3. The molecule has 0 unspecified atom stereocenters. The number of aromatic nitrogens is 1. The van der Waals surface area contributed by atoms with Gasteiger partial charge in [0.1, 0.15) is 17.0 Å². The molecule has 0 N–H and O–H groups in total. The molecule has 0 spiro atoms. The fourth-order valence-electron chi connectivity index (χ4n) is 2.27. The standard InChI is InChI=1S/C18H9Cl2FN2/c19-15-8-12(6-7-16(15)21)13-9-17(11-4-2-1-3-5-11)23-18(20)14(13)10-22/h1-9H. The lowest BCUT2D eigenvalue weighted by atomic mass is 9.99. The average Bonchev–Trinajstić information content (AvgIpc) is 2.57. The lowest BCUT2D eigenvalue weighted by molar-refractivity contribution is 0.628. The first-order chi connectivity index (χ1) is 11.1. The first kappa shape index (κ1) is 15.5. The first-order valence-electron chi connectivity index (χ1n) is 6.71. The first-order valence-corrected chi connectivity index (χ1v) is 7.47. The third-order valence-electron chi connectivity index (χ3n) is 3.39. The van der Waals surface area contributed by atoms with E-state index >= 15 is 0 Å². The Bertz CT molecular complexity index is 918. The zero-order chi connectivity index (χ0) is 16.4. The van der Waals surface area contributed by atoms with Crippen LogP contribution < -0.4 is 0 Å². The third-order valence-corrected chi connectivity index (χ3v) is 3.95. The van der Waals surface area contributed by atoms with Gasteiger partial charge in [0.15, 0.2) is 0 Å². The molecule has 0 bridgehead atoms. The van der Waals surface area contributed by atoms with Gasteiger partial charge in [-0.3, -0.25) is 0 Å². The minimum atomic E-state index is -0.516. The second-order valence-electron chi connectivity index (χ2n) is 4.83. The minimum Gasteiger partial charge on any atom is -0.235 e. The fraction of sp³-hybridized carbons (Fsp3) is 0. The highest BCUT2D eigenvalue weighted by molar-refractivity contribution is 6.31. The van der Waals surface area contributed by atoms with Crippen LogP contribution >= 0.6 is 23.2 Å². The molecule has 0 radical (unpaired) electrons. The van der Waals surface area contributed by atoms with Gasteiger partial charge in [-0.1, -0.05) is 59.6 Å². The van der Waals surface area contributed by atoms with E-state index in [1.807, 2.05) is 36.4 Å². The van der Waals surface area contributed by atoms with Gasteiger partial charge in [-0.25, -0.2) is 9.37 Å². The van der Waals surface area contributed by atoms with E-state index < -0.39 is 5.82 Å². The molecule has 0 fully saturated rings. The van der Waals surface area contributed by atoms with Crippen LogP contribution in [0.15, 0.2) is 54.6 Å². The van der Waals surface area contributed by atoms with Crippen molar-refractivity contribution in [1.82, 2.24) is 4.98 Å². The Morgan fingerprint density at radius 3 is 2.35 bits per heavy atom. The second-order valence-corrected chi connectivity index (χ2v) is 5.59. The highest BCUT2D eigenvalue weighted by atomic mass is 35.5. The molecule has 2 aromatic carbocycles. The van der Waals surface area contributed by atoms with Crippen LogP contribution in [0.2, 0.25) is 10.2 Å². The van der Waals surface area contributed by atoms with Crippen molar-refractivity contribution in [3.63, 3.8) is 0 Å². The van der Waals surface area contributed by atoms with E-state index in [2.05, 4.69) is 4.98 Å². The highest BCUT2D eigenvalue weighted by Crippen LogP contribution is 2.33. The quantitative estimate of drug-likeness (QED) is 0.557. The van der Waals surface area contributed by atoms with Crippen LogP contribution in [-0.2, 0) is 0 Å². The van der Waals surface area contributed by atoms with E-state index in [1.54, 1.807) is 12.1 Å². The smallest absolute Gasteiger partial charge is 0.148 e. The third kappa shape index (κ3) is 3.05. The van der Waals surface area contributed by atoms with Gasteiger partial charge in [0.05, 0.1) is 16.3 Å². The fourth-order valence-corrected chi connectivity index (χ4v) is 2.68. The zero-order valence-corrected chi connectivity index (χ0v) is 13.2. The largest absolute Gasteiger partial charge is 0.235 e. The van der Waals surface area contributed by atoms with E-state index in [1.165, 1.54) is 12.1 Å². The SMILES string of the molecule is N#Cc1c(-c2ccc(F)c(Cl)c2)cc(-c2ccccc2)nc1Cl. The number of rotatable bonds is 2. The Balaban J connectivity index is 2.24. The molecule has 5 heteroatoms. The molecule has 0 atom stereocenters. The Hall–Kier alpha value is -2.41. The number of benzene rings is 2. The average molecular weight is 343 g/mol. The maximum Gasteiger partial charge on any atom is 0.148 e. The van der Waals surface area contributed by atoms with Crippen LogP contribution in [0.1, 0.15) is 5.56 Å². The maximum atomic E-state index is 13.4. The topological polar surface area (TPSA) is 36.7 Å². The summed E-state index contributed by atoms with van der Waals surface area (Å²) in [7, 11) is 0. The minimum absolute atomic E-state index is 0.0133. The predicted octanol–water partition coefficient (Wildman–Crippen LogP) is 5.73. The van der Waals surface area contributed by atoms with Crippen molar-refractivity contribution in [2.24, 2.45) is 0 Å². The molecule has 0 saturated carbocycles. The molecule has 112 valence electrons. The van der Waals surface area contributed by atoms with Crippen LogP contribution in [0, 0.1) is 17.1 Å². The second kappa shape index (κ2) is 6.37. The van der Waals surface area contributed by atoms with Gasteiger partial charge in [0.25, 0.3) is 0 Å². The molecular formula is C18H9Cl2FN2. The van der Waals surface area contributed by atoms with Gasteiger partial charge in [-0.2, -0.15) is 5.26 Å². The number of pyridine rings is 1. The number of nitriles is 1. The van der Waals surface area contributed by atoms with Crippen LogP contribution in [0.4, 0.5) is 4.39 Å². The summed E-state index contributed by atoms with van der Waals surface area (Å²) in [4.78, 5) is 4.28.